The van der Waals surface area contributed by atoms with Gasteiger partial charge in [-0.3, -0.25) is 19.1 Å². The lowest BCUT2D eigenvalue weighted by Crippen LogP contribution is -2.51. The van der Waals surface area contributed by atoms with Gasteiger partial charge >= 0.3 is 5.97 Å². The second kappa shape index (κ2) is 15.3. The SMILES string of the molecule is CC(C)CCCC(C)C1CCC2C3CC=C4CC(OC(=O)CNCCn5c(O)c6ccc7c8c(ccc(c5=O)c68)NC5CCCCC5N=7)CC[C@]4(C)C3CC[C@]12C. The lowest BCUT2D eigenvalue weighted by Gasteiger charge is -2.58. The average Bonchev–Trinajstić information content (AvgIpc) is 3.45. The third kappa shape index (κ3) is 6.82. The van der Waals surface area contributed by atoms with Crippen molar-refractivity contribution in [1.29, 1.82) is 0 Å². The molecule has 3 N–H and O–H groups in total. The summed E-state index contributed by atoms with van der Waals surface area (Å²) in [4.78, 5) is 32.1. The number of hydrogen-bond acceptors (Lipinski definition) is 7. The maximum Gasteiger partial charge on any atom is 0.320 e. The van der Waals surface area contributed by atoms with E-state index in [2.05, 4.69) is 51.3 Å². The van der Waals surface area contributed by atoms with Crippen LogP contribution in [0.4, 0.5) is 5.69 Å². The molecule has 0 radical (unpaired) electrons. The lowest BCUT2D eigenvalue weighted by molar-refractivity contribution is -0.150. The van der Waals surface area contributed by atoms with Gasteiger partial charge in [0.05, 0.1) is 17.9 Å². The van der Waals surface area contributed by atoms with E-state index in [0.717, 1.165) is 89.4 Å². The fraction of sp³-hybridized carbons (Fsp3) is 0.694. The maximum absolute atomic E-state index is 13.8. The molecule has 8 heteroatoms. The number of pyridine rings is 1. The number of rotatable bonds is 11. The van der Waals surface area contributed by atoms with Crippen LogP contribution in [0.5, 0.6) is 5.88 Å². The Kier molecular flexibility index (Phi) is 10.5. The zero-order valence-electron chi connectivity index (χ0n) is 35.4. The van der Waals surface area contributed by atoms with E-state index in [4.69, 9.17) is 9.73 Å². The summed E-state index contributed by atoms with van der Waals surface area (Å²) in [6.45, 7) is 13.2. The molecule has 0 amide bonds. The average molecular weight is 777 g/mol. The van der Waals surface area contributed by atoms with Crippen LogP contribution in [-0.2, 0) is 16.1 Å². The molecule has 8 nitrogen and oxygen atoms in total. The molecule has 0 saturated heterocycles. The van der Waals surface area contributed by atoms with E-state index in [9.17, 15) is 14.7 Å². The molecule has 4 saturated carbocycles. The molecule has 1 aliphatic heterocycles. The smallest absolute Gasteiger partial charge is 0.320 e. The van der Waals surface area contributed by atoms with Gasteiger partial charge in [-0.2, -0.15) is 0 Å². The first-order valence-corrected chi connectivity index (χ1v) is 23.0. The molecule has 6 aliphatic rings. The molecule has 2 aromatic carbocycles. The van der Waals surface area contributed by atoms with E-state index in [-0.39, 0.29) is 54.1 Å². The molecule has 9 rings (SSSR count). The molecule has 1 aromatic heterocycles. The van der Waals surface area contributed by atoms with Gasteiger partial charge in [0.15, 0.2) is 0 Å². The first kappa shape index (κ1) is 39.1. The molecule has 8 unspecified atom stereocenters. The quantitative estimate of drug-likeness (QED) is 0.102. The number of fused-ring (bicyclic) bond motifs is 6. The van der Waals surface area contributed by atoms with Gasteiger partial charge in [0, 0.05) is 52.8 Å². The number of carbonyl (C=O) groups is 1. The fourth-order valence-electron chi connectivity index (χ4n) is 13.8. The van der Waals surface area contributed by atoms with Gasteiger partial charge in [0.2, 0.25) is 5.88 Å². The largest absolute Gasteiger partial charge is 0.494 e. The number of allylic oxidation sites excluding steroid dienone is 1. The van der Waals surface area contributed by atoms with Gasteiger partial charge in [-0.1, -0.05) is 78.4 Å². The normalized spacial score (nSPS) is 33.6. The zero-order valence-corrected chi connectivity index (χ0v) is 35.4. The van der Waals surface area contributed by atoms with Crippen LogP contribution < -0.4 is 21.6 Å². The zero-order chi connectivity index (χ0) is 39.6. The first-order valence-electron chi connectivity index (χ1n) is 23.0. The minimum absolute atomic E-state index is 0.0440. The molecule has 0 spiro atoms. The minimum atomic E-state index is -0.249. The van der Waals surface area contributed by atoms with Crippen molar-refractivity contribution >= 4 is 33.2 Å². The summed E-state index contributed by atoms with van der Waals surface area (Å²) >= 11 is 0. The van der Waals surface area contributed by atoms with Crippen molar-refractivity contribution in [3.8, 4) is 5.88 Å². The van der Waals surface area contributed by atoms with Crippen molar-refractivity contribution in [3.05, 3.63) is 51.6 Å². The van der Waals surface area contributed by atoms with Crippen LogP contribution in [0.25, 0.3) is 21.5 Å². The lowest BCUT2D eigenvalue weighted by atomic mass is 9.47. The number of nitrogens with zero attached hydrogens (tertiary/aromatic N) is 2. The third-order valence-electron chi connectivity index (χ3n) is 16.8. The Morgan fingerprint density at radius 1 is 0.982 bits per heavy atom. The van der Waals surface area contributed by atoms with Crippen molar-refractivity contribution in [1.82, 2.24) is 9.88 Å². The number of aromatic nitrogens is 1. The highest BCUT2D eigenvalue weighted by molar-refractivity contribution is 6.15. The molecule has 3 aromatic rings. The van der Waals surface area contributed by atoms with E-state index in [0.29, 0.717) is 22.7 Å². The summed E-state index contributed by atoms with van der Waals surface area (Å²) in [5, 5.41) is 22.2. The Morgan fingerprint density at radius 3 is 2.65 bits per heavy atom. The second-order valence-corrected chi connectivity index (χ2v) is 20.4. The molecule has 4 fully saturated rings. The summed E-state index contributed by atoms with van der Waals surface area (Å²) in [7, 11) is 0. The summed E-state index contributed by atoms with van der Waals surface area (Å²) in [6, 6.07) is 8.29. The van der Waals surface area contributed by atoms with Crippen molar-refractivity contribution in [2.24, 2.45) is 51.3 Å². The maximum atomic E-state index is 13.8. The molecule has 2 heterocycles. The Hall–Kier alpha value is -3.39. The monoisotopic (exact) mass is 777 g/mol. The number of hydrogen-bond donors (Lipinski definition) is 3. The van der Waals surface area contributed by atoms with Crippen LogP contribution >= 0.6 is 0 Å². The standard InChI is InChI=1S/C49H68N4O4/c1-29(2)9-8-10-30(3)36-17-18-37-33-14-13-31-27-32(21-23-48(31,4)38(33)22-24-49(36,37)5)57-43(54)28-50-25-26-53-46(55)34-15-19-41-45-42(20-16-35(44(34)45)47(53)56)52-40-12-7-6-11-39(40)51-41/h13,15-16,19-20,29-30,32-33,36-40,50-51,56H,6-12,14,17-18,21-28H2,1-5H3/t30?,32?,33?,36?,37?,38?,39?,40?,48-,49+/m0/s1. The van der Waals surface area contributed by atoms with E-state index in [1.54, 1.807) is 0 Å². The van der Waals surface area contributed by atoms with Crippen molar-refractivity contribution in [2.45, 2.75) is 156 Å². The third-order valence-corrected chi connectivity index (χ3v) is 16.8. The van der Waals surface area contributed by atoms with Crippen LogP contribution in [0.1, 0.15) is 131 Å². The molecular weight excluding hydrogens is 709 g/mol. The molecule has 10 atom stereocenters. The molecule has 308 valence electrons. The van der Waals surface area contributed by atoms with Gasteiger partial charge in [0.1, 0.15) is 6.10 Å². The minimum Gasteiger partial charge on any atom is -0.494 e. The molecule has 0 bridgehead atoms. The van der Waals surface area contributed by atoms with Crippen LogP contribution in [0.15, 0.2) is 45.7 Å². The first-order chi connectivity index (χ1) is 27.5. The molecule has 5 aliphatic carbocycles. The Morgan fingerprint density at radius 2 is 1.81 bits per heavy atom. The fourth-order valence-corrected chi connectivity index (χ4v) is 13.8. The summed E-state index contributed by atoms with van der Waals surface area (Å²) in [5.74, 6) is 4.59. The number of aromatic hydroxyl groups is 1. The van der Waals surface area contributed by atoms with Crippen molar-refractivity contribution in [2.75, 3.05) is 18.4 Å². The number of benzene rings is 2. The van der Waals surface area contributed by atoms with Gasteiger partial charge in [-0.05, 0) is 128 Å². The van der Waals surface area contributed by atoms with E-state index < -0.39 is 0 Å². The van der Waals surface area contributed by atoms with Crippen LogP contribution in [0, 0.1) is 46.3 Å². The van der Waals surface area contributed by atoms with Crippen molar-refractivity contribution in [3.63, 3.8) is 0 Å². The number of anilines is 1. The van der Waals surface area contributed by atoms with Gasteiger partial charge in [-0.15, -0.1) is 0 Å². The van der Waals surface area contributed by atoms with Crippen LogP contribution in [0.2, 0.25) is 0 Å². The highest BCUT2D eigenvalue weighted by Crippen LogP contribution is 2.67. The molecular formula is C49H68N4O4. The van der Waals surface area contributed by atoms with Crippen LogP contribution in [0.3, 0.4) is 0 Å². The Balaban J connectivity index is 0.806. The molecule has 57 heavy (non-hydrogen) atoms. The Bertz CT molecular complexity index is 2160. The van der Waals surface area contributed by atoms with Crippen LogP contribution in [-0.4, -0.2) is 46.9 Å². The highest BCUT2D eigenvalue weighted by Gasteiger charge is 2.59. The Labute approximate surface area is 339 Å². The second-order valence-electron chi connectivity index (χ2n) is 20.4. The number of ether oxygens (including phenoxy) is 1. The summed E-state index contributed by atoms with van der Waals surface area (Å²) in [5.41, 5.74) is 3.00. The summed E-state index contributed by atoms with van der Waals surface area (Å²) in [6.07, 6.45) is 20.8. The topological polar surface area (TPSA) is 105 Å². The number of esters is 1. The number of carbonyl (C=O) groups excluding carboxylic acids is 1. The van der Waals surface area contributed by atoms with Gasteiger partial charge in [0.25, 0.3) is 5.56 Å². The van der Waals surface area contributed by atoms with Gasteiger partial charge < -0.3 is 20.5 Å². The van der Waals surface area contributed by atoms with E-state index >= 15 is 0 Å². The predicted molar refractivity (Wildman–Crippen MR) is 230 cm³/mol. The number of nitrogens with one attached hydrogen (secondary N) is 2. The highest BCUT2D eigenvalue weighted by atomic mass is 16.5. The van der Waals surface area contributed by atoms with E-state index in [1.807, 2.05) is 24.3 Å². The predicted octanol–water partition coefficient (Wildman–Crippen LogP) is 9.48. The van der Waals surface area contributed by atoms with Gasteiger partial charge in [-0.25, -0.2) is 0 Å². The summed E-state index contributed by atoms with van der Waals surface area (Å²) < 4.78 is 7.53. The van der Waals surface area contributed by atoms with Crippen molar-refractivity contribution < 1.29 is 14.6 Å². The van der Waals surface area contributed by atoms with E-state index in [1.165, 1.54) is 74.3 Å².